The lowest BCUT2D eigenvalue weighted by Crippen LogP contribution is -2.46. The van der Waals surface area contributed by atoms with Crippen LogP contribution in [0.2, 0.25) is 0 Å². The molecule has 3 fully saturated rings. The highest BCUT2D eigenvalue weighted by molar-refractivity contribution is 5.95. The number of rotatable bonds is 7. The van der Waals surface area contributed by atoms with Crippen molar-refractivity contribution in [3.05, 3.63) is 59.8 Å². The molecule has 3 saturated heterocycles. The second-order valence-electron chi connectivity index (χ2n) is 10.3. The molecule has 1 aromatic heterocycles. The van der Waals surface area contributed by atoms with E-state index in [0.29, 0.717) is 24.6 Å². The van der Waals surface area contributed by atoms with Crippen molar-refractivity contribution in [1.29, 1.82) is 0 Å². The zero-order valence-corrected chi connectivity index (χ0v) is 20.2. The van der Waals surface area contributed by atoms with Gasteiger partial charge in [0.05, 0.1) is 24.9 Å². The molecule has 0 aliphatic carbocycles. The summed E-state index contributed by atoms with van der Waals surface area (Å²) in [7, 11) is 0. The summed E-state index contributed by atoms with van der Waals surface area (Å²) < 4.78 is 11.4. The topological polar surface area (TPSA) is 70.7 Å². The molecular weight excluding hydrogens is 440 g/mol. The molecule has 0 radical (unpaired) electrons. The molecule has 0 unspecified atom stereocenters. The third kappa shape index (κ3) is 4.93. The summed E-state index contributed by atoms with van der Waals surface area (Å²) in [6, 6.07) is 15.0. The number of carbonyl (C=O) groups excluding carboxylic acids is 1. The highest BCUT2D eigenvalue weighted by Gasteiger charge is 2.43. The first-order valence-electron chi connectivity index (χ1n) is 13.0. The van der Waals surface area contributed by atoms with E-state index in [1.807, 2.05) is 30.5 Å². The van der Waals surface area contributed by atoms with Crippen molar-refractivity contribution < 1.29 is 14.3 Å². The zero-order chi connectivity index (χ0) is 23.6. The van der Waals surface area contributed by atoms with Gasteiger partial charge >= 0.3 is 0 Å². The van der Waals surface area contributed by atoms with Crippen LogP contribution in [-0.4, -0.2) is 77.4 Å². The first kappa shape index (κ1) is 22.6. The predicted octanol–water partition coefficient (Wildman–Crippen LogP) is 3.90. The molecule has 35 heavy (non-hydrogen) atoms. The Hall–Kier alpha value is -2.90. The van der Waals surface area contributed by atoms with Crippen LogP contribution in [0.4, 0.5) is 0 Å². The first-order valence-corrected chi connectivity index (χ1v) is 13.0. The average Bonchev–Trinajstić information content (AvgIpc) is 3.46. The number of ether oxygens (including phenoxy) is 2. The minimum Gasteiger partial charge on any atom is -0.492 e. The second kappa shape index (κ2) is 9.99. The van der Waals surface area contributed by atoms with E-state index in [1.165, 1.54) is 10.9 Å². The van der Waals surface area contributed by atoms with Gasteiger partial charge < -0.3 is 14.4 Å². The highest BCUT2D eigenvalue weighted by Crippen LogP contribution is 2.41. The summed E-state index contributed by atoms with van der Waals surface area (Å²) in [6.45, 7) is 5.01. The van der Waals surface area contributed by atoms with E-state index in [1.54, 1.807) is 0 Å². The molecule has 3 aliphatic heterocycles. The van der Waals surface area contributed by atoms with Gasteiger partial charge in [-0.05, 0) is 73.9 Å². The van der Waals surface area contributed by atoms with Crippen molar-refractivity contribution in [3.63, 3.8) is 0 Å². The smallest absolute Gasteiger partial charge is 0.254 e. The molecule has 6 rings (SSSR count). The maximum absolute atomic E-state index is 13.6. The molecule has 3 aliphatic rings. The molecule has 2 atom stereocenters. The molecule has 1 N–H and O–H groups in total. The van der Waals surface area contributed by atoms with Crippen LogP contribution < -0.4 is 4.74 Å². The summed E-state index contributed by atoms with van der Waals surface area (Å²) in [5, 5.41) is 8.34. The van der Waals surface area contributed by atoms with Crippen molar-refractivity contribution >= 4 is 16.8 Å². The summed E-state index contributed by atoms with van der Waals surface area (Å²) in [5.74, 6) is 1.56. The molecule has 184 valence electrons. The summed E-state index contributed by atoms with van der Waals surface area (Å²) in [6.07, 6.45) is 7.36. The fourth-order valence-corrected chi connectivity index (χ4v) is 6.23. The molecule has 3 aromatic rings. The Kier molecular flexibility index (Phi) is 6.44. The lowest BCUT2D eigenvalue weighted by molar-refractivity contribution is 0.0322. The number of aromatic amines is 1. The number of hydrogen-bond acceptors (Lipinski definition) is 5. The SMILES string of the molecule is O=C(c1cccc(OCCN2CCOCC2)c1)N1[C@H]2CC[C@H]1CC(Cc1ccc3[nH]ncc3c1)C2. The summed E-state index contributed by atoms with van der Waals surface area (Å²) in [5.41, 5.74) is 3.20. The van der Waals surface area contributed by atoms with E-state index in [0.717, 1.165) is 81.8 Å². The molecule has 7 heteroatoms. The van der Waals surface area contributed by atoms with Crippen LogP contribution in [0.3, 0.4) is 0 Å². The van der Waals surface area contributed by atoms with Crippen LogP contribution >= 0.6 is 0 Å². The van der Waals surface area contributed by atoms with E-state index in [-0.39, 0.29) is 5.91 Å². The van der Waals surface area contributed by atoms with Gasteiger partial charge in [-0.15, -0.1) is 0 Å². The molecule has 0 spiro atoms. The van der Waals surface area contributed by atoms with Gasteiger partial charge in [0.15, 0.2) is 0 Å². The van der Waals surface area contributed by atoms with Crippen molar-refractivity contribution in [2.75, 3.05) is 39.5 Å². The van der Waals surface area contributed by atoms with Crippen molar-refractivity contribution in [2.45, 2.75) is 44.2 Å². The fourth-order valence-electron chi connectivity index (χ4n) is 6.23. The number of carbonyl (C=O) groups is 1. The number of fused-ring (bicyclic) bond motifs is 3. The van der Waals surface area contributed by atoms with Crippen LogP contribution in [0.15, 0.2) is 48.7 Å². The molecule has 2 bridgehead atoms. The van der Waals surface area contributed by atoms with E-state index in [9.17, 15) is 4.79 Å². The number of nitrogens with one attached hydrogen (secondary N) is 1. The number of benzene rings is 2. The third-order valence-corrected chi connectivity index (χ3v) is 7.96. The largest absolute Gasteiger partial charge is 0.492 e. The number of aromatic nitrogens is 2. The Morgan fingerprint density at radius 2 is 1.91 bits per heavy atom. The summed E-state index contributed by atoms with van der Waals surface area (Å²) in [4.78, 5) is 18.1. The van der Waals surface area contributed by atoms with Crippen molar-refractivity contribution in [2.24, 2.45) is 5.92 Å². The monoisotopic (exact) mass is 474 g/mol. The van der Waals surface area contributed by atoms with Crippen LogP contribution in [0.5, 0.6) is 5.75 Å². The molecule has 4 heterocycles. The van der Waals surface area contributed by atoms with E-state index < -0.39 is 0 Å². The quantitative estimate of drug-likeness (QED) is 0.562. The Morgan fingerprint density at radius 3 is 2.74 bits per heavy atom. The molecule has 2 aromatic carbocycles. The number of H-pyrrole nitrogens is 1. The van der Waals surface area contributed by atoms with Crippen molar-refractivity contribution in [3.8, 4) is 5.75 Å². The van der Waals surface area contributed by atoms with Gasteiger partial charge in [-0.2, -0.15) is 5.10 Å². The van der Waals surface area contributed by atoms with Crippen LogP contribution in [0, 0.1) is 5.92 Å². The minimum absolute atomic E-state index is 0.161. The van der Waals surface area contributed by atoms with Gasteiger partial charge in [0.25, 0.3) is 5.91 Å². The maximum Gasteiger partial charge on any atom is 0.254 e. The Bertz CT molecular complexity index is 1160. The van der Waals surface area contributed by atoms with Crippen LogP contribution in [0.1, 0.15) is 41.6 Å². The molecular formula is C28H34N4O3. The minimum atomic E-state index is 0.161. The Morgan fingerprint density at radius 1 is 1.09 bits per heavy atom. The van der Waals surface area contributed by atoms with E-state index in [2.05, 4.69) is 38.2 Å². The maximum atomic E-state index is 13.6. The molecule has 1 amide bonds. The molecule has 0 saturated carbocycles. The van der Waals surface area contributed by atoms with E-state index in [4.69, 9.17) is 9.47 Å². The van der Waals surface area contributed by atoms with Crippen LogP contribution in [0.25, 0.3) is 10.9 Å². The third-order valence-electron chi connectivity index (χ3n) is 7.96. The van der Waals surface area contributed by atoms with Gasteiger partial charge in [-0.3, -0.25) is 14.8 Å². The predicted molar refractivity (Wildman–Crippen MR) is 135 cm³/mol. The van der Waals surface area contributed by atoms with Crippen molar-refractivity contribution in [1.82, 2.24) is 20.0 Å². The average molecular weight is 475 g/mol. The Balaban J connectivity index is 1.07. The lowest BCUT2D eigenvalue weighted by Gasteiger charge is -2.39. The van der Waals surface area contributed by atoms with Gasteiger partial charge in [0, 0.05) is 42.7 Å². The fraction of sp³-hybridized carbons (Fsp3) is 0.500. The number of amides is 1. The van der Waals surface area contributed by atoms with Gasteiger partial charge in [0.2, 0.25) is 0 Å². The number of nitrogens with zero attached hydrogens (tertiary/aromatic N) is 3. The second-order valence-corrected chi connectivity index (χ2v) is 10.3. The Labute approximate surface area is 206 Å². The number of morpholine rings is 1. The lowest BCUT2D eigenvalue weighted by atomic mass is 9.85. The zero-order valence-electron chi connectivity index (χ0n) is 20.2. The van der Waals surface area contributed by atoms with Gasteiger partial charge in [0.1, 0.15) is 12.4 Å². The number of hydrogen-bond donors (Lipinski definition) is 1. The summed E-state index contributed by atoms with van der Waals surface area (Å²) >= 11 is 0. The highest BCUT2D eigenvalue weighted by atomic mass is 16.5. The molecule has 7 nitrogen and oxygen atoms in total. The van der Waals surface area contributed by atoms with Gasteiger partial charge in [-0.25, -0.2) is 0 Å². The van der Waals surface area contributed by atoms with E-state index >= 15 is 0 Å². The first-order chi connectivity index (χ1) is 17.2. The normalized spacial score (nSPS) is 24.7. The van der Waals surface area contributed by atoms with Crippen LogP contribution in [-0.2, 0) is 11.2 Å². The number of piperidine rings is 1. The van der Waals surface area contributed by atoms with Gasteiger partial charge in [-0.1, -0.05) is 12.1 Å². The standard InChI is InChI=1S/C28H34N4O3/c33-28(22-2-1-3-26(18-22)35-13-10-31-8-11-34-12-9-31)32-24-5-6-25(32)17-21(16-24)14-20-4-7-27-23(15-20)19-29-30-27/h1-4,7,15,18-19,21,24-25H,5-6,8-14,16-17H2,(H,29,30)/t24-,25-/m0/s1.